The molecule has 1 aromatic carbocycles. The van der Waals surface area contributed by atoms with Crippen LogP contribution in [0.25, 0.3) is 11.1 Å². The van der Waals surface area contributed by atoms with E-state index in [9.17, 15) is 26.8 Å². The maximum Gasteiger partial charge on any atom is 0.263 e. The van der Waals surface area contributed by atoms with E-state index in [1.165, 1.54) is 30.5 Å². The fourth-order valence-corrected chi connectivity index (χ4v) is 5.42. The number of nitrogens with one attached hydrogen (secondary N) is 1. The monoisotopic (exact) mass is 494 g/mol. The highest BCUT2D eigenvalue weighted by atomic mass is 32.2. The predicted molar refractivity (Wildman–Crippen MR) is 125 cm³/mol. The zero-order valence-electron chi connectivity index (χ0n) is 18.6. The fraction of sp³-hybridized carbons (Fsp3) is 0.304. The van der Waals surface area contributed by atoms with Crippen molar-refractivity contribution in [3.8, 4) is 11.1 Å². The third-order valence-electron chi connectivity index (χ3n) is 5.14. The highest BCUT2D eigenvalue weighted by Gasteiger charge is 2.21. The predicted octanol–water partition coefficient (Wildman–Crippen LogP) is 4.74. The largest absolute Gasteiger partial charge is 0.348 e. The summed E-state index contributed by atoms with van der Waals surface area (Å²) >= 11 is 1.04. The number of amides is 1. The molecule has 0 unspecified atom stereocenters. The van der Waals surface area contributed by atoms with Gasteiger partial charge in [-0.25, -0.2) is 17.2 Å². The first-order chi connectivity index (χ1) is 15.4. The Balaban J connectivity index is 2.01. The average Bonchev–Trinajstić information content (AvgIpc) is 3.22. The molecule has 0 fully saturated rings. The van der Waals surface area contributed by atoms with Crippen LogP contribution < -0.4 is 10.7 Å². The Morgan fingerprint density at radius 3 is 2.45 bits per heavy atom. The molecule has 0 saturated heterocycles. The summed E-state index contributed by atoms with van der Waals surface area (Å²) in [5, 5.41) is 2.66. The number of pyridine rings is 1. The molecule has 0 aliphatic carbocycles. The SMILES string of the molecule is Cc1c(-c2cccc(C(F)F)c2)c(=O)c(C(=O)NCc2ccc(S(C)(=O)=O)s2)cn1C(C)C. The molecule has 3 rings (SSSR count). The molecular weight excluding hydrogens is 470 g/mol. The van der Waals surface area contributed by atoms with Crippen LogP contribution in [0.1, 0.15) is 52.8 Å². The normalized spacial score (nSPS) is 11.9. The van der Waals surface area contributed by atoms with Crippen molar-refractivity contribution in [2.45, 2.75) is 44.0 Å². The molecular formula is C23H24F2N2O4S2. The number of aromatic nitrogens is 1. The van der Waals surface area contributed by atoms with Crippen LogP contribution in [-0.2, 0) is 16.4 Å². The summed E-state index contributed by atoms with van der Waals surface area (Å²) in [6.45, 7) is 5.53. The van der Waals surface area contributed by atoms with Gasteiger partial charge in [-0.2, -0.15) is 0 Å². The van der Waals surface area contributed by atoms with Crippen LogP contribution in [0.4, 0.5) is 8.78 Å². The number of benzene rings is 1. The highest BCUT2D eigenvalue weighted by Crippen LogP contribution is 2.27. The number of halogens is 2. The van der Waals surface area contributed by atoms with Gasteiger partial charge in [0.1, 0.15) is 9.77 Å². The lowest BCUT2D eigenvalue weighted by molar-refractivity contribution is 0.0949. The van der Waals surface area contributed by atoms with E-state index in [1.54, 1.807) is 23.6 Å². The topological polar surface area (TPSA) is 85.2 Å². The molecule has 1 N–H and O–H groups in total. The maximum absolute atomic E-state index is 13.3. The molecule has 6 nitrogen and oxygen atoms in total. The third-order valence-corrected chi connectivity index (χ3v) is 8.05. The van der Waals surface area contributed by atoms with E-state index in [0.29, 0.717) is 16.1 Å². The van der Waals surface area contributed by atoms with E-state index in [-0.39, 0.29) is 33.5 Å². The Morgan fingerprint density at radius 1 is 1.18 bits per heavy atom. The van der Waals surface area contributed by atoms with Gasteiger partial charge in [-0.1, -0.05) is 18.2 Å². The number of carbonyl (C=O) groups excluding carboxylic acids is 1. The van der Waals surface area contributed by atoms with Crippen molar-refractivity contribution >= 4 is 27.1 Å². The Hall–Kier alpha value is -2.85. The van der Waals surface area contributed by atoms with Crippen LogP contribution in [0, 0.1) is 6.92 Å². The van der Waals surface area contributed by atoms with Gasteiger partial charge in [-0.15, -0.1) is 11.3 Å². The highest BCUT2D eigenvalue weighted by molar-refractivity contribution is 7.92. The molecule has 176 valence electrons. The number of alkyl halides is 2. The van der Waals surface area contributed by atoms with E-state index in [0.717, 1.165) is 17.6 Å². The molecule has 0 spiro atoms. The summed E-state index contributed by atoms with van der Waals surface area (Å²) in [7, 11) is -3.35. The third kappa shape index (κ3) is 5.39. The molecule has 0 bridgehead atoms. The van der Waals surface area contributed by atoms with Crippen LogP contribution >= 0.6 is 11.3 Å². The number of rotatable bonds is 7. The summed E-state index contributed by atoms with van der Waals surface area (Å²) in [5.41, 5.74) is 0.179. The van der Waals surface area contributed by atoms with Gasteiger partial charge < -0.3 is 9.88 Å². The van der Waals surface area contributed by atoms with E-state index in [4.69, 9.17) is 0 Å². The number of thiophene rings is 1. The molecule has 2 heterocycles. The molecule has 3 aromatic rings. The standard InChI is InChI=1S/C23H24F2N2O4S2/c1-13(2)27-12-18(23(29)26-11-17-8-9-19(32-17)33(4,30)31)21(28)20(14(27)3)15-6-5-7-16(10-15)22(24)25/h5-10,12-13,22H,11H2,1-4H3,(H,26,29). The Bertz CT molecular complexity index is 1360. The summed E-state index contributed by atoms with van der Waals surface area (Å²) < 4.78 is 51.7. The quantitative estimate of drug-likeness (QED) is 0.514. The van der Waals surface area contributed by atoms with Gasteiger partial charge in [0.15, 0.2) is 9.84 Å². The lowest BCUT2D eigenvalue weighted by Gasteiger charge is -2.20. The van der Waals surface area contributed by atoms with Crippen molar-refractivity contribution in [1.29, 1.82) is 0 Å². The van der Waals surface area contributed by atoms with Crippen molar-refractivity contribution in [2.24, 2.45) is 0 Å². The summed E-state index contributed by atoms with van der Waals surface area (Å²) in [5.74, 6) is -0.630. The van der Waals surface area contributed by atoms with E-state index in [2.05, 4.69) is 5.32 Å². The molecule has 33 heavy (non-hydrogen) atoms. The van der Waals surface area contributed by atoms with Crippen molar-refractivity contribution in [3.05, 3.63) is 74.5 Å². The molecule has 2 aromatic heterocycles. The first-order valence-electron chi connectivity index (χ1n) is 10.1. The Morgan fingerprint density at radius 2 is 1.88 bits per heavy atom. The van der Waals surface area contributed by atoms with Crippen LogP contribution in [0.15, 0.2) is 51.6 Å². The minimum Gasteiger partial charge on any atom is -0.348 e. The van der Waals surface area contributed by atoms with Gasteiger partial charge in [0, 0.05) is 40.2 Å². The smallest absolute Gasteiger partial charge is 0.263 e. The van der Waals surface area contributed by atoms with E-state index < -0.39 is 27.6 Å². The second-order valence-electron chi connectivity index (χ2n) is 7.94. The van der Waals surface area contributed by atoms with E-state index >= 15 is 0 Å². The molecule has 10 heteroatoms. The van der Waals surface area contributed by atoms with Gasteiger partial charge >= 0.3 is 0 Å². The van der Waals surface area contributed by atoms with Crippen molar-refractivity contribution < 1.29 is 22.0 Å². The molecule has 0 atom stereocenters. The minimum atomic E-state index is -3.35. The van der Waals surface area contributed by atoms with Crippen LogP contribution in [-0.4, -0.2) is 25.1 Å². The Labute approximate surface area is 194 Å². The van der Waals surface area contributed by atoms with Crippen LogP contribution in [0.2, 0.25) is 0 Å². The first kappa shape index (κ1) is 24.8. The van der Waals surface area contributed by atoms with Gasteiger partial charge in [0.05, 0.1) is 6.54 Å². The molecule has 0 aliphatic heterocycles. The summed E-state index contributed by atoms with van der Waals surface area (Å²) in [4.78, 5) is 26.8. The zero-order chi connectivity index (χ0) is 24.5. The lowest BCUT2D eigenvalue weighted by atomic mass is 9.98. The summed E-state index contributed by atoms with van der Waals surface area (Å²) in [6.07, 6.45) is -0.118. The van der Waals surface area contributed by atoms with Crippen molar-refractivity contribution in [2.75, 3.05) is 6.26 Å². The second-order valence-corrected chi connectivity index (χ2v) is 11.3. The van der Waals surface area contributed by atoms with E-state index in [1.807, 2.05) is 13.8 Å². The zero-order valence-corrected chi connectivity index (χ0v) is 20.2. The van der Waals surface area contributed by atoms with Gasteiger partial charge in [-0.05, 0) is 44.5 Å². The lowest BCUT2D eigenvalue weighted by Crippen LogP contribution is -2.31. The molecule has 0 radical (unpaired) electrons. The molecule has 1 amide bonds. The fourth-order valence-electron chi connectivity index (χ4n) is 3.51. The van der Waals surface area contributed by atoms with Crippen LogP contribution in [0.3, 0.4) is 0 Å². The number of carbonyl (C=O) groups is 1. The number of sulfone groups is 1. The van der Waals surface area contributed by atoms with Crippen molar-refractivity contribution in [1.82, 2.24) is 9.88 Å². The average molecular weight is 495 g/mol. The molecule has 0 saturated carbocycles. The van der Waals surface area contributed by atoms with Gasteiger partial charge in [0.25, 0.3) is 12.3 Å². The van der Waals surface area contributed by atoms with Crippen LogP contribution in [0.5, 0.6) is 0 Å². The van der Waals surface area contributed by atoms with Crippen molar-refractivity contribution in [3.63, 3.8) is 0 Å². The first-order valence-corrected chi connectivity index (χ1v) is 12.8. The van der Waals surface area contributed by atoms with Gasteiger partial charge in [-0.3, -0.25) is 9.59 Å². The maximum atomic E-state index is 13.3. The Kier molecular flexibility index (Phi) is 7.18. The van der Waals surface area contributed by atoms with Gasteiger partial charge in [0.2, 0.25) is 5.43 Å². The number of hydrogen-bond acceptors (Lipinski definition) is 5. The number of nitrogens with zero attached hydrogens (tertiary/aromatic N) is 1. The summed E-state index contributed by atoms with van der Waals surface area (Å²) in [6, 6.07) is 8.55. The minimum absolute atomic E-state index is 0.0458. The second kappa shape index (κ2) is 9.56. The number of hydrogen-bond donors (Lipinski definition) is 1. The molecule has 0 aliphatic rings.